The zero-order valence-corrected chi connectivity index (χ0v) is 18.5. The summed E-state index contributed by atoms with van der Waals surface area (Å²) in [6.07, 6.45) is 3.36. The number of aromatic amines is 1. The van der Waals surface area contributed by atoms with E-state index in [2.05, 4.69) is 68.6 Å². The molecule has 1 aliphatic heterocycles. The molecule has 7 heteroatoms. The molecule has 1 amide bonds. The second-order valence-electron chi connectivity index (χ2n) is 8.70. The first-order valence-electron chi connectivity index (χ1n) is 10.8. The van der Waals surface area contributed by atoms with Crippen molar-refractivity contribution in [1.29, 1.82) is 0 Å². The number of pyridine rings is 2. The van der Waals surface area contributed by atoms with Crippen molar-refractivity contribution in [2.24, 2.45) is 0 Å². The Morgan fingerprint density at radius 2 is 1.91 bits per heavy atom. The third kappa shape index (κ3) is 3.87. The minimum absolute atomic E-state index is 0.0394. The first-order valence-corrected chi connectivity index (χ1v) is 10.8. The Morgan fingerprint density at radius 1 is 1.09 bits per heavy atom. The van der Waals surface area contributed by atoms with Crippen molar-refractivity contribution in [3.05, 3.63) is 77.2 Å². The van der Waals surface area contributed by atoms with Crippen LogP contribution in [0.4, 0.5) is 0 Å². The highest BCUT2D eigenvalue weighted by atomic mass is 16.1. The van der Waals surface area contributed by atoms with Crippen LogP contribution < -0.4 is 5.32 Å². The fraction of sp³-hybridized carbons (Fsp3) is 0.280. The van der Waals surface area contributed by atoms with Gasteiger partial charge < -0.3 is 10.2 Å². The maximum absolute atomic E-state index is 13.2. The molecule has 0 bridgehead atoms. The summed E-state index contributed by atoms with van der Waals surface area (Å²) in [5.74, 6) is 0.139. The standard InChI is InChI=1S/C25H26N6O/c1-15-4-6-17(7-5-15)21-13-31(3)14-22(21)28-25(32)19-11-20-23(29-30-24(20)27-12-19)18-8-9-26-16(2)10-18/h4-12,21-22H,13-14H2,1-3H3,(H,28,32)(H,27,29,30)/t21-,22+/m1/s1. The van der Waals surface area contributed by atoms with Crippen molar-refractivity contribution >= 4 is 16.9 Å². The summed E-state index contributed by atoms with van der Waals surface area (Å²) in [6.45, 7) is 5.76. The SMILES string of the molecule is Cc1ccc([C@H]2CN(C)C[C@@H]2NC(=O)c2cnc3n[nH]c(-c4ccnc(C)c4)c3c2)cc1. The molecule has 0 spiro atoms. The number of hydrogen-bond acceptors (Lipinski definition) is 5. The van der Waals surface area contributed by atoms with Crippen molar-refractivity contribution in [3.63, 3.8) is 0 Å². The fourth-order valence-corrected chi connectivity index (χ4v) is 4.49. The van der Waals surface area contributed by atoms with Crippen LogP contribution in [0.3, 0.4) is 0 Å². The second kappa shape index (κ2) is 8.16. The van der Waals surface area contributed by atoms with Crippen molar-refractivity contribution in [2.75, 3.05) is 20.1 Å². The lowest BCUT2D eigenvalue weighted by molar-refractivity contribution is 0.0935. The molecule has 32 heavy (non-hydrogen) atoms. The predicted molar refractivity (Wildman–Crippen MR) is 125 cm³/mol. The van der Waals surface area contributed by atoms with Gasteiger partial charge in [0, 0.05) is 54.1 Å². The molecule has 5 rings (SSSR count). The highest BCUT2D eigenvalue weighted by molar-refractivity contribution is 6.00. The molecule has 0 saturated carbocycles. The predicted octanol–water partition coefficient (Wildman–Crippen LogP) is 3.46. The van der Waals surface area contributed by atoms with Gasteiger partial charge >= 0.3 is 0 Å². The summed E-state index contributed by atoms with van der Waals surface area (Å²) in [5, 5.41) is 11.4. The molecule has 0 aliphatic carbocycles. The molecule has 7 nitrogen and oxygen atoms in total. The number of hydrogen-bond donors (Lipinski definition) is 2. The lowest BCUT2D eigenvalue weighted by atomic mass is 9.93. The third-order valence-corrected chi connectivity index (χ3v) is 6.18. The van der Waals surface area contributed by atoms with E-state index in [4.69, 9.17) is 0 Å². The number of likely N-dealkylation sites (tertiary alicyclic amines) is 1. The van der Waals surface area contributed by atoms with Gasteiger partial charge in [0.05, 0.1) is 11.3 Å². The molecule has 1 fully saturated rings. The molecular weight excluding hydrogens is 400 g/mol. The summed E-state index contributed by atoms with van der Waals surface area (Å²) >= 11 is 0. The number of carbonyl (C=O) groups excluding carboxylic acids is 1. The highest BCUT2D eigenvalue weighted by Crippen LogP contribution is 2.29. The fourth-order valence-electron chi connectivity index (χ4n) is 4.49. The van der Waals surface area contributed by atoms with Crippen LogP contribution in [0.1, 0.15) is 33.1 Å². The van der Waals surface area contributed by atoms with E-state index in [0.717, 1.165) is 35.4 Å². The normalized spacial score (nSPS) is 18.8. The van der Waals surface area contributed by atoms with Gasteiger partial charge in [-0.3, -0.25) is 14.9 Å². The van der Waals surface area contributed by atoms with Crippen LogP contribution in [0.2, 0.25) is 0 Å². The molecule has 4 heterocycles. The van der Waals surface area contributed by atoms with Gasteiger partial charge in [-0.15, -0.1) is 0 Å². The molecule has 1 saturated heterocycles. The maximum Gasteiger partial charge on any atom is 0.253 e. The van der Waals surface area contributed by atoms with E-state index < -0.39 is 0 Å². The highest BCUT2D eigenvalue weighted by Gasteiger charge is 2.33. The number of likely N-dealkylation sites (N-methyl/N-ethyl adjacent to an activating group) is 1. The zero-order chi connectivity index (χ0) is 22.2. The molecule has 1 aromatic carbocycles. The monoisotopic (exact) mass is 426 g/mol. The van der Waals surface area contributed by atoms with E-state index in [1.54, 1.807) is 12.4 Å². The van der Waals surface area contributed by atoms with Crippen LogP contribution in [-0.4, -0.2) is 57.2 Å². The van der Waals surface area contributed by atoms with E-state index >= 15 is 0 Å². The van der Waals surface area contributed by atoms with Gasteiger partial charge in [0.15, 0.2) is 5.65 Å². The number of amides is 1. The van der Waals surface area contributed by atoms with Crippen LogP contribution in [0.15, 0.2) is 54.9 Å². The van der Waals surface area contributed by atoms with E-state index in [-0.39, 0.29) is 17.9 Å². The van der Waals surface area contributed by atoms with Crippen LogP contribution in [0.5, 0.6) is 0 Å². The van der Waals surface area contributed by atoms with Gasteiger partial charge in [0.25, 0.3) is 5.91 Å². The van der Waals surface area contributed by atoms with E-state index in [9.17, 15) is 4.79 Å². The number of benzene rings is 1. The smallest absolute Gasteiger partial charge is 0.253 e. The van der Waals surface area contributed by atoms with Gasteiger partial charge in [0.1, 0.15) is 0 Å². The molecule has 2 atom stereocenters. The molecule has 1 aliphatic rings. The average molecular weight is 427 g/mol. The molecule has 3 aromatic heterocycles. The van der Waals surface area contributed by atoms with Crippen molar-refractivity contribution in [1.82, 2.24) is 30.4 Å². The topological polar surface area (TPSA) is 86.8 Å². The van der Waals surface area contributed by atoms with E-state index in [1.807, 2.05) is 25.1 Å². The lowest BCUT2D eigenvalue weighted by Gasteiger charge is -2.20. The van der Waals surface area contributed by atoms with Gasteiger partial charge in [-0.1, -0.05) is 29.8 Å². The number of fused-ring (bicyclic) bond motifs is 1. The summed E-state index contributed by atoms with van der Waals surface area (Å²) in [5.41, 5.74) is 6.33. The molecular formula is C25H26N6O. The number of H-pyrrole nitrogens is 1. The summed E-state index contributed by atoms with van der Waals surface area (Å²) in [4.78, 5) is 24.1. The number of aryl methyl sites for hydroxylation is 2. The van der Waals surface area contributed by atoms with Gasteiger partial charge in [-0.2, -0.15) is 5.10 Å². The van der Waals surface area contributed by atoms with Gasteiger partial charge in [-0.25, -0.2) is 4.98 Å². The summed E-state index contributed by atoms with van der Waals surface area (Å²) < 4.78 is 0. The largest absolute Gasteiger partial charge is 0.347 e. The van der Waals surface area contributed by atoms with Crippen LogP contribution >= 0.6 is 0 Å². The van der Waals surface area contributed by atoms with Crippen molar-refractivity contribution in [2.45, 2.75) is 25.8 Å². The third-order valence-electron chi connectivity index (χ3n) is 6.18. The number of nitrogens with one attached hydrogen (secondary N) is 2. The number of nitrogens with zero attached hydrogens (tertiary/aromatic N) is 4. The first kappa shape index (κ1) is 20.3. The lowest BCUT2D eigenvalue weighted by Crippen LogP contribution is -2.39. The second-order valence-corrected chi connectivity index (χ2v) is 8.70. The Hall–Kier alpha value is -3.58. The number of aromatic nitrogens is 4. The van der Waals surface area contributed by atoms with Crippen molar-refractivity contribution < 1.29 is 4.79 Å². The Kier molecular flexibility index (Phi) is 5.19. The molecule has 162 valence electrons. The number of carbonyl (C=O) groups is 1. The minimum atomic E-state index is -0.116. The summed E-state index contributed by atoms with van der Waals surface area (Å²) in [6, 6.07) is 14.4. The maximum atomic E-state index is 13.2. The van der Waals surface area contributed by atoms with Crippen LogP contribution in [0, 0.1) is 13.8 Å². The molecule has 4 aromatic rings. The molecule has 0 unspecified atom stereocenters. The van der Waals surface area contributed by atoms with Gasteiger partial charge in [-0.05, 0) is 44.7 Å². The van der Waals surface area contributed by atoms with E-state index in [0.29, 0.717) is 11.2 Å². The molecule has 0 radical (unpaired) electrons. The molecule has 2 N–H and O–H groups in total. The number of rotatable bonds is 4. The average Bonchev–Trinajstić information content (AvgIpc) is 3.37. The van der Waals surface area contributed by atoms with Crippen LogP contribution in [-0.2, 0) is 0 Å². The minimum Gasteiger partial charge on any atom is -0.347 e. The quantitative estimate of drug-likeness (QED) is 0.522. The Morgan fingerprint density at radius 3 is 2.69 bits per heavy atom. The Bertz CT molecular complexity index is 1280. The van der Waals surface area contributed by atoms with Crippen molar-refractivity contribution in [3.8, 4) is 11.3 Å². The summed E-state index contributed by atoms with van der Waals surface area (Å²) in [7, 11) is 2.09. The Balaban J connectivity index is 1.42. The van der Waals surface area contributed by atoms with E-state index in [1.165, 1.54) is 11.1 Å². The Labute approximate surface area is 186 Å². The first-order chi connectivity index (χ1) is 15.5. The zero-order valence-electron chi connectivity index (χ0n) is 18.5. The van der Waals surface area contributed by atoms with Gasteiger partial charge in [0.2, 0.25) is 0 Å². The van der Waals surface area contributed by atoms with Crippen LogP contribution in [0.25, 0.3) is 22.3 Å².